The van der Waals surface area contributed by atoms with Crippen LogP contribution in [0.15, 0.2) is 53.1 Å². The average Bonchev–Trinajstić information content (AvgIpc) is 3.32. The number of H-pyrrole nitrogens is 1. The van der Waals surface area contributed by atoms with Crippen LogP contribution in [-0.2, 0) is 17.8 Å². The summed E-state index contributed by atoms with van der Waals surface area (Å²) in [6.07, 6.45) is 2.28. The van der Waals surface area contributed by atoms with Gasteiger partial charge in [-0.15, -0.1) is 0 Å². The van der Waals surface area contributed by atoms with Crippen LogP contribution in [0.1, 0.15) is 18.1 Å². The van der Waals surface area contributed by atoms with Gasteiger partial charge in [0.05, 0.1) is 28.8 Å². The van der Waals surface area contributed by atoms with Crippen molar-refractivity contribution in [3.05, 3.63) is 70.4 Å². The maximum atomic E-state index is 12.5. The summed E-state index contributed by atoms with van der Waals surface area (Å²) >= 11 is 12.1. The Hall–Kier alpha value is -2.83. The average molecular weight is 429 g/mol. The van der Waals surface area contributed by atoms with E-state index < -0.39 is 0 Å². The molecule has 0 atom stereocenters. The highest BCUT2D eigenvalue weighted by Gasteiger charge is 2.15. The third-order valence-corrected chi connectivity index (χ3v) is 5.10. The summed E-state index contributed by atoms with van der Waals surface area (Å²) in [5.41, 5.74) is 2.55. The predicted octanol–water partition coefficient (Wildman–Crippen LogP) is 5.12. The molecule has 2 heterocycles. The zero-order valence-corrected chi connectivity index (χ0v) is 17.2. The summed E-state index contributed by atoms with van der Waals surface area (Å²) < 4.78 is 5.75. The molecule has 0 fully saturated rings. The Labute approximate surface area is 177 Å². The van der Waals surface area contributed by atoms with E-state index in [1.165, 1.54) is 0 Å². The van der Waals surface area contributed by atoms with Crippen molar-refractivity contribution in [1.29, 1.82) is 0 Å². The maximum Gasteiger partial charge on any atom is 0.223 e. The van der Waals surface area contributed by atoms with Gasteiger partial charge in [0.15, 0.2) is 11.7 Å². The summed E-state index contributed by atoms with van der Waals surface area (Å²) in [5.74, 6) is 1.76. The summed E-state index contributed by atoms with van der Waals surface area (Å²) in [5, 5.41) is 1.04. The number of amides is 1. The number of para-hydroxylation sites is 2. The number of aromatic nitrogens is 3. The molecule has 0 radical (unpaired) electrons. The van der Waals surface area contributed by atoms with Crippen LogP contribution in [0, 0.1) is 0 Å². The Morgan fingerprint density at radius 3 is 2.83 bits per heavy atom. The quantitative estimate of drug-likeness (QED) is 0.462. The van der Waals surface area contributed by atoms with E-state index in [1.54, 1.807) is 36.3 Å². The van der Waals surface area contributed by atoms with Crippen LogP contribution in [0.3, 0.4) is 0 Å². The van der Waals surface area contributed by atoms with Crippen LogP contribution < -0.4 is 0 Å². The number of aryl methyl sites for hydroxylation is 1. The first-order chi connectivity index (χ1) is 14.0. The fourth-order valence-electron chi connectivity index (χ4n) is 3.04. The van der Waals surface area contributed by atoms with Crippen LogP contribution in [0.25, 0.3) is 22.4 Å². The standard InChI is InChI=1S/C21H18Cl2N4O2/c1-27(12-19-25-16-4-2-3-5-17(16)26-19)21(28)9-8-20-24-11-18(29-20)14-7-6-13(22)10-15(14)23/h2-7,10-11H,8-9,12H2,1H3,(H,25,26). The van der Waals surface area contributed by atoms with Crippen LogP contribution >= 0.6 is 23.2 Å². The largest absolute Gasteiger partial charge is 0.441 e. The molecule has 0 aliphatic rings. The van der Waals surface area contributed by atoms with Crippen LogP contribution in [0.4, 0.5) is 0 Å². The van der Waals surface area contributed by atoms with Crippen molar-refractivity contribution in [1.82, 2.24) is 19.9 Å². The number of carbonyl (C=O) groups is 1. The molecule has 1 amide bonds. The van der Waals surface area contributed by atoms with Crippen molar-refractivity contribution in [2.24, 2.45) is 0 Å². The minimum absolute atomic E-state index is 0.0188. The molecule has 0 bridgehead atoms. The lowest BCUT2D eigenvalue weighted by Gasteiger charge is -2.15. The Bertz CT molecular complexity index is 1140. The first-order valence-corrected chi connectivity index (χ1v) is 9.83. The normalized spacial score (nSPS) is 11.1. The Morgan fingerprint density at radius 1 is 1.21 bits per heavy atom. The van der Waals surface area contributed by atoms with Gasteiger partial charge in [0.25, 0.3) is 0 Å². The van der Waals surface area contributed by atoms with E-state index in [0.717, 1.165) is 16.9 Å². The van der Waals surface area contributed by atoms with Gasteiger partial charge in [0.1, 0.15) is 5.82 Å². The minimum atomic E-state index is -0.0188. The number of benzene rings is 2. The van der Waals surface area contributed by atoms with Crippen LogP contribution in [0.2, 0.25) is 10.0 Å². The predicted molar refractivity (Wildman–Crippen MR) is 113 cm³/mol. The van der Waals surface area contributed by atoms with Gasteiger partial charge in [0.2, 0.25) is 5.91 Å². The Balaban J connectivity index is 1.36. The van der Waals surface area contributed by atoms with E-state index >= 15 is 0 Å². The summed E-state index contributed by atoms with van der Waals surface area (Å²) in [7, 11) is 1.75. The Morgan fingerprint density at radius 2 is 2.03 bits per heavy atom. The second kappa shape index (κ2) is 8.27. The molecule has 0 aliphatic carbocycles. The number of fused-ring (bicyclic) bond motifs is 1. The van der Waals surface area contributed by atoms with Crippen molar-refractivity contribution in [3.8, 4) is 11.3 Å². The summed E-state index contributed by atoms with van der Waals surface area (Å²) in [6.45, 7) is 0.407. The van der Waals surface area contributed by atoms with E-state index in [-0.39, 0.29) is 12.3 Å². The molecule has 0 saturated carbocycles. The number of nitrogens with zero attached hydrogens (tertiary/aromatic N) is 3. The lowest BCUT2D eigenvalue weighted by molar-refractivity contribution is -0.130. The van der Waals surface area contributed by atoms with Gasteiger partial charge in [-0.2, -0.15) is 0 Å². The zero-order valence-electron chi connectivity index (χ0n) is 15.7. The minimum Gasteiger partial charge on any atom is -0.441 e. The van der Waals surface area contributed by atoms with Gasteiger partial charge in [-0.3, -0.25) is 4.79 Å². The van der Waals surface area contributed by atoms with E-state index in [1.807, 2.05) is 24.3 Å². The van der Waals surface area contributed by atoms with Gasteiger partial charge < -0.3 is 14.3 Å². The third-order valence-electron chi connectivity index (χ3n) is 4.55. The third kappa shape index (κ3) is 4.44. The fourth-order valence-corrected chi connectivity index (χ4v) is 3.54. The second-order valence-electron chi connectivity index (χ2n) is 6.69. The topological polar surface area (TPSA) is 75.0 Å². The molecule has 29 heavy (non-hydrogen) atoms. The van der Waals surface area contributed by atoms with Crippen molar-refractivity contribution in [2.45, 2.75) is 19.4 Å². The van der Waals surface area contributed by atoms with E-state index in [4.69, 9.17) is 27.6 Å². The monoisotopic (exact) mass is 428 g/mol. The first-order valence-electron chi connectivity index (χ1n) is 9.07. The molecule has 6 nitrogen and oxygen atoms in total. The molecular weight excluding hydrogens is 411 g/mol. The zero-order chi connectivity index (χ0) is 20.4. The van der Waals surface area contributed by atoms with Crippen molar-refractivity contribution >= 4 is 40.1 Å². The van der Waals surface area contributed by atoms with Crippen molar-refractivity contribution in [2.75, 3.05) is 7.05 Å². The van der Waals surface area contributed by atoms with Crippen LogP contribution in [0.5, 0.6) is 0 Å². The molecule has 8 heteroatoms. The van der Waals surface area contributed by atoms with Gasteiger partial charge in [-0.25, -0.2) is 9.97 Å². The van der Waals surface area contributed by atoms with Gasteiger partial charge in [0, 0.05) is 30.5 Å². The number of halogens is 2. The highest BCUT2D eigenvalue weighted by atomic mass is 35.5. The van der Waals surface area contributed by atoms with Gasteiger partial charge in [-0.1, -0.05) is 35.3 Å². The SMILES string of the molecule is CN(Cc1nc2ccccc2[nH]1)C(=O)CCc1ncc(-c2ccc(Cl)cc2Cl)o1. The van der Waals surface area contributed by atoms with E-state index in [0.29, 0.717) is 40.2 Å². The van der Waals surface area contributed by atoms with E-state index in [2.05, 4.69) is 15.0 Å². The smallest absolute Gasteiger partial charge is 0.223 e. The number of oxazole rings is 1. The summed E-state index contributed by atoms with van der Waals surface area (Å²) in [6, 6.07) is 12.9. The molecule has 148 valence electrons. The number of hydrogen-bond donors (Lipinski definition) is 1. The molecular formula is C21H18Cl2N4O2. The number of hydrogen-bond acceptors (Lipinski definition) is 4. The molecule has 0 aliphatic heterocycles. The number of carbonyl (C=O) groups excluding carboxylic acids is 1. The molecule has 4 rings (SSSR count). The lowest BCUT2D eigenvalue weighted by atomic mass is 10.2. The molecule has 2 aromatic heterocycles. The number of nitrogens with one attached hydrogen (secondary N) is 1. The van der Waals surface area contributed by atoms with Crippen molar-refractivity contribution in [3.63, 3.8) is 0 Å². The van der Waals surface area contributed by atoms with Crippen LogP contribution in [-0.4, -0.2) is 32.8 Å². The number of rotatable bonds is 6. The maximum absolute atomic E-state index is 12.5. The number of aromatic amines is 1. The van der Waals surface area contributed by atoms with Gasteiger partial charge >= 0.3 is 0 Å². The summed E-state index contributed by atoms with van der Waals surface area (Å²) in [4.78, 5) is 26.1. The molecule has 1 N–H and O–H groups in total. The molecule has 4 aromatic rings. The molecule has 0 spiro atoms. The fraction of sp³-hybridized carbons (Fsp3) is 0.190. The van der Waals surface area contributed by atoms with E-state index in [9.17, 15) is 4.79 Å². The van der Waals surface area contributed by atoms with Crippen molar-refractivity contribution < 1.29 is 9.21 Å². The molecule has 0 saturated heterocycles. The number of imidazole rings is 1. The molecule has 2 aromatic carbocycles. The molecule has 0 unspecified atom stereocenters. The second-order valence-corrected chi connectivity index (χ2v) is 7.54. The highest BCUT2D eigenvalue weighted by Crippen LogP contribution is 2.30. The lowest BCUT2D eigenvalue weighted by Crippen LogP contribution is -2.26. The van der Waals surface area contributed by atoms with Gasteiger partial charge in [-0.05, 0) is 30.3 Å². The first kappa shape index (κ1) is 19.5. The highest BCUT2D eigenvalue weighted by molar-refractivity contribution is 6.36. The Kier molecular flexibility index (Phi) is 5.56.